The van der Waals surface area contributed by atoms with Crippen molar-refractivity contribution in [3.8, 4) is 17.2 Å². The van der Waals surface area contributed by atoms with Crippen LogP contribution in [0.2, 0.25) is 5.02 Å². The average Bonchev–Trinajstić information content (AvgIpc) is 3.43. The van der Waals surface area contributed by atoms with Crippen LogP contribution in [0.1, 0.15) is 16.8 Å². The number of rotatable bonds is 4. The Labute approximate surface area is 176 Å². The van der Waals surface area contributed by atoms with Gasteiger partial charge in [-0.05, 0) is 42.0 Å². The number of nitrogens with zero attached hydrogens (tertiary/aromatic N) is 2. The molecule has 1 aromatic heterocycles. The van der Waals surface area contributed by atoms with Gasteiger partial charge in [0, 0.05) is 28.2 Å². The zero-order chi connectivity index (χ0) is 19.8. The third-order valence-corrected chi connectivity index (χ3v) is 5.88. The molecule has 2 aliphatic heterocycles. The molecule has 0 atom stereocenters. The summed E-state index contributed by atoms with van der Waals surface area (Å²) >= 11 is 7.92. The van der Waals surface area contributed by atoms with Gasteiger partial charge in [0.25, 0.3) is 0 Å². The third-order valence-electron chi connectivity index (χ3n) is 4.67. The molecule has 0 spiro atoms. The summed E-state index contributed by atoms with van der Waals surface area (Å²) in [5.41, 5.74) is 3.71. The molecule has 2 aromatic carbocycles. The maximum atomic E-state index is 12.6. The van der Waals surface area contributed by atoms with E-state index in [0.29, 0.717) is 22.3 Å². The molecule has 8 heteroatoms. The van der Waals surface area contributed by atoms with E-state index in [4.69, 9.17) is 21.1 Å². The summed E-state index contributed by atoms with van der Waals surface area (Å²) in [6.07, 6.45) is 3.24. The van der Waals surface area contributed by atoms with Gasteiger partial charge >= 0.3 is 0 Å². The number of halogens is 1. The first kappa shape index (κ1) is 18.1. The molecule has 2 aliphatic rings. The Morgan fingerprint density at radius 1 is 1.17 bits per heavy atom. The monoisotopic (exact) mass is 425 g/mol. The molecule has 29 heavy (non-hydrogen) atoms. The predicted molar refractivity (Wildman–Crippen MR) is 114 cm³/mol. The molecule has 146 valence electrons. The SMILES string of the molecule is O=C(C=Cc1ccc2c(c1)OCO2)Nc1c2c(nn1-c1cccc(Cl)c1)CSC2. The van der Waals surface area contributed by atoms with Crippen LogP contribution in [0.5, 0.6) is 11.5 Å². The Kier molecular flexibility index (Phi) is 4.69. The number of amides is 1. The number of hydrogen-bond donors (Lipinski definition) is 1. The Balaban J connectivity index is 1.40. The number of hydrogen-bond acceptors (Lipinski definition) is 5. The molecule has 1 amide bonds. The zero-order valence-corrected chi connectivity index (χ0v) is 16.8. The van der Waals surface area contributed by atoms with Crippen molar-refractivity contribution in [2.45, 2.75) is 11.5 Å². The van der Waals surface area contributed by atoms with Gasteiger partial charge in [-0.1, -0.05) is 23.7 Å². The van der Waals surface area contributed by atoms with Gasteiger partial charge < -0.3 is 14.8 Å². The van der Waals surface area contributed by atoms with Crippen LogP contribution < -0.4 is 14.8 Å². The van der Waals surface area contributed by atoms with E-state index in [-0.39, 0.29) is 12.7 Å². The van der Waals surface area contributed by atoms with E-state index in [0.717, 1.165) is 34.0 Å². The van der Waals surface area contributed by atoms with Crippen molar-refractivity contribution in [2.75, 3.05) is 12.1 Å². The molecular formula is C21H16ClN3O3S. The third kappa shape index (κ3) is 3.59. The van der Waals surface area contributed by atoms with Gasteiger partial charge in [0.15, 0.2) is 11.5 Å². The minimum absolute atomic E-state index is 0.222. The highest BCUT2D eigenvalue weighted by atomic mass is 35.5. The molecule has 3 heterocycles. The lowest BCUT2D eigenvalue weighted by Crippen LogP contribution is -2.13. The quantitative estimate of drug-likeness (QED) is 0.616. The fourth-order valence-electron chi connectivity index (χ4n) is 3.28. The molecule has 0 bridgehead atoms. The maximum Gasteiger partial charge on any atom is 0.249 e. The van der Waals surface area contributed by atoms with Crippen LogP contribution >= 0.6 is 23.4 Å². The summed E-state index contributed by atoms with van der Waals surface area (Å²) in [4.78, 5) is 12.6. The van der Waals surface area contributed by atoms with Crippen molar-refractivity contribution in [3.63, 3.8) is 0 Å². The van der Waals surface area contributed by atoms with E-state index in [2.05, 4.69) is 10.4 Å². The first-order chi connectivity index (χ1) is 14.2. The second-order valence-electron chi connectivity index (χ2n) is 6.59. The van der Waals surface area contributed by atoms with Gasteiger partial charge in [-0.2, -0.15) is 16.9 Å². The van der Waals surface area contributed by atoms with Gasteiger partial charge in [-0.25, -0.2) is 4.68 Å². The second-order valence-corrected chi connectivity index (χ2v) is 8.02. The molecular weight excluding hydrogens is 410 g/mol. The standard InChI is InChI=1S/C21H16ClN3O3S/c22-14-2-1-3-15(9-14)25-21(16-10-29-11-17(16)24-25)23-20(26)7-5-13-4-6-18-19(8-13)28-12-27-18/h1-9H,10-12H2,(H,23,26). The van der Waals surface area contributed by atoms with Crippen LogP contribution in [-0.4, -0.2) is 22.5 Å². The fourth-order valence-corrected chi connectivity index (χ4v) is 4.50. The van der Waals surface area contributed by atoms with Gasteiger partial charge in [-0.3, -0.25) is 4.79 Å². The summed E-state index contributed by atoms with van der Waals surface area (Å²) in [5.74, 6) is 3.50. The van der Waals surface area contributed by atoms with E-state index in [1.165, 1.54) is 6.08 Å². The molecule has 0 unspecified atom stereocenters. The van der Waals surface area contributed by atoms with Crippen molar-refractivity contribution in [1.29, 1.82) is 0 Å². The summed E-state index contributed by atoms with van der Waals surface area (Å²) < 4.78 is 12.4. The van der Waals surface area contributed by atoms with Crippen LogP contribution in [0.15, 0.2) is 48.5 Å². The molecule has 6 nitrogen and oxygen atoms in total. The predicted octanol–water partition coefficient (Wildman–Crippen LogP) is 4.65. The maximum absolute atomic E-state index is 12.6. The number of anilines is 1. The Bertz CT molecular complexity index is 1140. The van der Waals surface area contributed by atoms with Crippen molar-refractivity contribution in [1.82, 2.24) is 9.78 Å². The lowest BCUT2D eigenvalue weighted by atomic mass is 10.2. The number of nitrogens with one attached hydrogen (secondary N) is 1. The summed E-state index contributed by atoms with van der Waals surface area (Å²) in [5, 5.41) is 8.29. The molecule has 5 rings (SSSR count). The highest BCUT2D eigenvalue weighted by molar-refractivity contribution is 7.98. The zero-order valence-electron chi connectivity index (χ0n) is 15.2. The number of thioether (sulfide) groups is 1. The summed E-state index contributed by atoms with van der Waals surface area (Å²) in [7, 11) is 0. The normalized spacial score (nSPS) is 14.4. The molecule has 1 N–H and O–H groups in total. The van der Waals surface area contributed by atoms with E-state index in [9.17, 15) is 4.79 Å². The van der Waals surface area contributed by atoms with E-state index >= 15 is 0 Å². The smallest absolute Gasteiger partial charge is 0.249 e. The molecule has 0 radical (unpaired) electrons. The highest BCUT2D eigenvalue weighted by Crippen LogP contribution is 2.36. The number of benzene rings is 2. The number of fused-ring (bicyclic) bond motifs is 2. The molecule has 0 saturated heterocycles. The minimum atomic E-state index is -0.231. The highest BCUT2D eigenvalue weighted by Gasteiger charge is 2.24. The van der Waals surface area contributed by atoms with Crippen molar-refractivity contribution in [2.24, 2.45) is 0 Å². The summed E-state index contributed by atoms with van der Waals surface area (Å²) in [6.45, 7) is 0.222. The first-order valence-electron chi connectivity index (χ1n) is 9.00. The Hall–Kier alpha value is -2.90. The largest absolute Gasteiger partial charge is 0.454 e. The van der Waals surface area contributed by atoms with Crippen molar-refractivity contribution in [3.05, 3.63) is 70.4 Å². The molecule has 0 saturated carbocycles. The number of ether oxygens (including phenoxy) is 2. The average molecular weight is 426 g/mol. The summed E-state index contributed by atoms with van der Waals surface area (Å²) in [6, 6.07) is 13.0. The van der Waals surface area contributed by atoms with Crippen molar-refractivity contribution >= 4 is 41.2 Å². The van der Waals surface area contributed by atoms with Crippen molar-refractivity contribution < 1.29 is 14.3 Å². The second kappa shape index (κ2) is 7.50. The lowest BCUT2D eigenvalue weighted by molar-refractivity contribution is -0.111. The number of aromatic nitrogens is 2. The fraction of sp³-hybridized carbons (Fsp3) is 0.143. The lowest BCUT2D eigenvalue weighted by Gasteiger charge is -2.10. The Morgan fingerprint density at radius 2 is 2.07 bits per heavy atom. The van der Waals surface area contributed by atoms with Crippen LogP contribution in [0.25, 0.3) is 11.8 Å². The van der Waals surface area contributed by atoms with Crippen LogP contribution in [0.3, 0.4) is 0 Å². The minimum Gasteiger partial charge on any atom is -0.454 e. The molecule has 0 aliphatic carbocycles. The van der Waals surface area contributed by atoms with Gasteiger partial charge in [-0.15, -0.1) is 0 Å². The van der Waals surface area contributed by atoms with Crippen LogP contribution in [-0.2, 0) is 16.3 Å². The van der Waals surface area contributed by atoms with E-state index in [1.807, 2.05) is 42.5 Å². The number of carbonyl (C=O) groups is 1. The van der Waals surface area contributed by atoms with Gasteiger partial charge in [0.1, 0.15) is 5.82 Å². The van der Waals surface area contributed by atoms with Crippen LogP contribution in [0, 0.1) is 0 Å². The van der Waals surface area contributed by atoms with Gasteiger partial charge in [0.05, 0.1) is 11.4 Å². The van der Waals surface area contributed by atoms with E-state index in [1.54, 1.807) is 22.5 Å². The van der Waals surface area contributed by atoms with Crippen LogP contribution in [0.4, 0.5) is 5.82 Å². The Morgan fingerprint density at radius 3 is 2.97 bits per heavy atom. The van der Waals surface area contributed by atoms with E-state index < -0.39 is 0 Å². The number of carbonyl (C=O) groups excluding carboxylic acids is 1. The topological polar surface area (TPSA) is 65.4 Å². The van der Waals surface area contributed by atoms with Gasteiger partial charge in [0.2, 0.25) is 12.7 Å². The first-order valence-corrected chi connectivity index (χ1v) is 10.5. The molecule has 0 fully saturated rings. The molecule has 3 aromatic rings.